The summed E-state index contributed by atoms with van der Waals surface area (Å²) in [5.41, 5.74) is 3.92. The molecule has 126 valence electrons. The van der Waals surface area contributed by atoms with E-state index >= 15 is 0 Å². The minimum atomic E-state index is -0.0749. The van der Waals surface area contributed by atoms with Gasteiger partial charge in [0, 0.05) is 37.2 Å². The predicted octanol–water partition coefficient (Wildman–Crippen LogP) is 2.10. The molecule has 1 fully saturated rings. The van der Waals surface area contributed by atoms with Gasteiger partial charge in [0.15, 0.2) is 0 Å². The molecule has 0 aromatic heterocycles. The summed E-state index contributed by atoms with van der Waals surface area (Å²) in [6.45, 7) is 7.04. The van der Waals surface area contributed by atoms with Crippen molar-refractivity contribution < 1.29 is 10.4 Å². The van der Waals surface area contributed by atoms with Crippen molar-refractivity contribution >= 4 is 5.69 Å². The number of hydrogen-bond acceptors (Lipinski definition) is 3. The first-order valence-electron chi connectivity index (χ1n) is 8.86. The Balaban J connectivity index is 1.92. The first-order chi connectivity index (χ1) is 11.1. The fourth-order valence-corrected chi connectivity index (χ4v) is 3.39. The number of nitriles is 1. The van der Waals surface area contributed by atoms with Gasteiger partial charge in [-0.2, -0.15) is 5.26 Å². The Bertz CT molecular complexity index is 530. The van der Waals surface area contributed by atoms with Gasteiger partial charge in [-0.25, -0.2) is 0 Å². The molecule has 23 heavy (non-hydrogen) atoms. The van der Waals surface area contributed by atoms with Crippen LogP contribution in [0.3, 0.4) is 0 Å². The fourth-order valence-electron chi connectivity index (χ4n) is 3.39. The number of nitrogens with two attached hydrogens (primary N) is 1. The highest BCUT2D eigenvalue weighted by Crippen LogP contribution is 2.20. The number of hydrogen-bond donors (Lipinski definition) is 2. The average Bonchev–Trinajstić information content (AvgIpc) is 2.56. The van der Waals surface area contributed by atoms with Crippen molar-refractivity contribution in [2.45, 2.75) is 64.6 Å². The van der Waals surface area contributed by atoms with Crippen molar-refractivity contribution in [2.75, 3.05) is 18.0 Å². The van der Waals surface area contributed by atoms with Crippen LogP contribution >= 0.6 is 0 Å². The highest BCUT2D eigenvalue weighted by Gasteiger charge is 2.21. The van der Waals surface area contributed by atoms with Crippen LogP contribution in [0, 0.1) is 18.3 Å². The van der Waals surface area contributed by atoms with Crippen LogP contribution in [0.2, 0.25) is 0 Å². The molecule has 1 saturated carbocycles. The highest BCUT2D eigenvalue weighted by atomic mass is 16.3. The quantitative estimate of drug-likeness (QED) is 0.810. The number of nitrogens with zero attached hydrogens (tertiary/aromatic N) is 2. The summed E-state index contributed by atoms with van der Waals surface area (Å²) in [6, 6.07) is 9.53. The van der Waals surface area contributed by atoms with E-state index in [1.165, 1.54) is 16.8 Å². The lowest BCUT2D eigenvalue weighted by Crippen LogP contribution is -2.89. The molecule has 3 N–H and O–H groups in total. The van der Waals surface area contributed by atoms with Gasteiger partial charge < -0.3 is 15.3 Å². The molecule has 0 aliphatic heterocycles. The van der Waals surface area contributed by atoms with Crippen LogP contribution in [0.15, 0.2) is 18.2 Å². The summed E-state index contributed by atoms with van der Waals surface area (Å²) in [5, 5.41) is 20.8. The van der Waals surface area contributed by atoms with Crippen molar-refractivity contribution in [2.24, 2.45) is 0 Å². The Morgan fingerprint density at radius 2 is 2.04 bits per heavy atom. The van der Waals surface area contributed by atoms with E-state index in [0.29, 0.717) is 12.5 Å². The highest BCUT2D eigenvalue weighted by molar-refractivity contribution is 5.50. The van der Waals surface area contributed by atoms with Crippen LogP contribution in [0.25, 0.3) is 0 Å². The normalized spacial score (nSPS) is 21.0. The van der Waals surface area contributed by atoms with Crippen molar-refractivity contribution in [3.8, 4) is 6.07 Å². The molecule has 0 amide bonds. The zero-order chi connectivity index (χ0) is 16.7. The molecule has 4 nitrogen and oxygen atoms in total. The predicted molar refractivity (Wildman–Crippen MR) is 93.2 cm³/mol. The van der Waals surface area contributed by atoms with Crippen molar-refractivity contribution in [1.29, 1.82) is 5.26 Å². The van der Waals surface area contributed by atoms with E-state index in [2.05, 4.69) is 48.3 Å². The summed E-state index contributed by atoms with van der Waals surface area (Å²) in [7, 11) is 0. The maximum atomic E-state index is 9.59. The van der Waals surface area contributed by atoms with Crippen molar-refractivity contribution in [1.82, 2.24) is 0 Å². The van der Waals surface area contributed by atoms with Crippen LogP contribution in [0.1, 0.15) is 50.2 Å². The summed E-state index contributed by atoms with van der Waals surface area (Å²) in [5.74, 6) is 0. The number of aliphatic hydroxyl groups is 1. The van der Waals surface area contributed by atoms with E-state index in [0.717, 1.165) is 45.3 Å². The molecular formula is C19H30N3O+. The third-order valence-electron chi connectivity index (χ3n) is 4.98. The molecule has 1 aliphatic rings. The molecule has 0 atom stereocenters. The number of quaternary nitrogens is 1. The van der Waals surface area contributed by atoms with Crippen LogP contribution in [-0.2, 0) is 6.54 Å². The molecular weight excluding hydrogens is 286 g/mol. The van der Waals surface area contributed by atoms with Gasteiger partial charge in [-0.15, -0.1) is 0 Å². The van der Waals surface area contributed by atoms with Gasteiger partial charge in [-0.3, -0.25) is 0 Å². The second kappa shape index (κ2) is 8.90. The molecule has 0 saturated heterocycles. The molecule has 0 unspecified atom stereocenters. The van der Waals surface area contributed by atoms with Gasteiger partial charge in [0.05, 0.1) is 24.6 Å². The van der Waals surface area contributed by atoms with Crippen LogP contribution in [0.4, 0.5) is 5.69 Å². The molecule has 4 heteroatoms. The summed E-state index contributed by atoms with van der Waals surface area (Å²) < 4.78 is 0. The summed E-state index contributed by atoms with van der Waals surface area (Å²) in [6.07, 6.45) is 4.63. The SMILES string of the molecule is CCN(CCC#N)c1ccc(C[NH2+]C2CCC(O)CC2)c(C)c1. The first kappa shape index (κ1) is 17.8. The number of rotatable bonds is 7. The zero-order valence-electron chi connectivity index (χ0n) is 14.5. The lowest BCUT2D eigenvalue weighted by Gasteiger charge is -2.25. The van der Waals surface area contributed by atoms with E-state index in [-0.39, 0.29) is 6.10 Å². The summed E-state index contributed by atoms with van der Waals surface area (Å²) >= 11 is 0. The van der Waals surface area contributed by atoms with Crippen LogP contribution < -0.4 is 10.2 Å². The molecule has 0 bridgehead atoms. The Hall–Kier alpha value is -1.57. The topological polar surface area (TPSA) is 63.9 Å². The van der Waals surface area contributed by atoms with Gasteiger partial charge in [0.1, 0.15) is 6.54 Å². The third-order valence-corrected chi connectivity index (χ3v) is 4.98. The van der Waals surface area contributed by atoms with Gasteiger partial charge >= 0.3 is 0 Å². The second-order valence-electron chi connectivity index (χ2n) is 6.61. The Morgan fingerprint density at radius 3 is 2.65 bits per heavy atom. The number of benzene rings is 1. The molecule has 0 radical (unpaired) electrons. The van der Waals surface area contributed by atoms with E-state index in [1.54, 1.807) is 0 Å². The van der Waals surface area contributed by atoms with Crippen molar-refractivity contribution in [3.05, 3.63) is 29.3 Å². The zero-order valence-corrected chi connectivity index (χ0v) is 14.5. The molecule has 1 aromatic carbocycles. The van der Waals surface area contributed by atoms with Gasteiger partial charge in [-0.1, -0.05) is 6.07 Å². The third kappa shape index (κ3) is 5.23. The Labute approximate surface area is 140 Å². The molecule has 2 rings (SSSR count). The standard InChI is InChI=1S/C19H29N3O/c1-3-22(12-4-11-20)18-8-5-16(15(2)13-18)14-21-17-6-9-19(23)10-7-17/h5,8,13,17,19,21,23H,3-4,6-7,9-10,12,14H2,1-2H3/p+1. The fraction of sp³-hybridized carbons (Fsp3) is 0.632. The van der Waals surface area contributed by atoms with Crippen LogP contribution in [0.5, 0.6) is 0 Å². The van der Waals surface area contributed by atoms with Gasteiger partial charge in [0.2, 0.25) is 0 Å². The number of aliphatic hydroxyl groups excluding tert-OH is 1. The average molecular weight is 316 g/mol. The second-order valence-corrected chi connectivity index (χ2v) is 6.61. The Kier molecular flexibility index (Phi) is 6.88. The summed E-state index contributed by atoms with van der Waals surface area (Å²) in [4.78, 5) is 2.26. The van der Waals surface area contributed by atoms with E-state index in [9.17, 15) is 5.11 Å². The smallest absolute Gasteiger partial charge is 0.102 e. The monoisotopic (exact) mass is 316 g/mol. The lowest BCUT2D eigenvalue weighted by molar-refractivity contribution is -0.707. The molecule has 0 heterocycles. The Morgan fingerprint density at radius 1 is 1.30 bits per heavy atom. The van der Waals surface area contributed by atoms with E-state index in [1.807, 2.05) is 0 Å². The van der Waals surface area contributed by atoms with E-state index in [4.69, 9.17) is 5.26 Å². The molecule has 1 aliphatic carbocycles. The largest absolute Gasteiger partial charge is 0.393 e. The van der Waals surface area contributed by atoms with Crippen LogP contribution in [-0.4, -0.2) is 30.3 Å². The van der Waals surface area contributed by atoms with Crippen molar-refractivity contribution in [3.63, 3.8) is 0 Å². The van der Waals surface area contributed by atoms with Gasteiger partial charge in [-0.05, 0) is 44.4 Å². The van der Waals surface area contributed by atoms with E-state index < -0.39 is 0 Å². The minimum absolute atomic E-state index is 0.0749. The first-order valence-corrected chi connectivity index (χ1v) is 8.86. The number of aryl methyl sites for hydroxylation is 1. The lowest BCUT2D eigenvalue weighted by atomic mass is 9.93. The minimum Gasteiger partial charge on any atom is -0.393 e. The maximum Gasteiger partial charge on any atom is 0.102 e. The molecule has 1 aromatic rings. The molecule has 0 spiro atoms. The maximum absolute atomic E-state index is 9.59. The van der Waals surface area contributed by atoms with Gasteiger partial charge in [0.25, 0.3) is 0 Å². The number of anilines is 1.